The highest BCUT2D eigenvalue weighted by molar-refractivity contribution is 6.24. The van der Waals surface area contributed by atoms with E-state index in [9.17, 15) is 0 Å². The molecule has 0 heterocycles. The van der Waals surface area contributed by atoms with E-state index in [4.69, 9.17) is 18.9 Å². The second kappa shape index (κ2) is 20.6. The van der Waals surface area contributed by atoms with Crippen molar-refractivity contribution >= 4 is 34.6 Å². The summed E-state index contributed by atoms with van der Waals surface area (Å²) >= 11 is 0. The van der Waals surface area contributed by atoms with Gasteiger partial charge in [-0.3, -0.25) is 0 Å². The van der Waals surface area contributed by atoms with Crippen LogP contribution in [0, 0.1) is 71.0 Å². The van der Waals surface area contributed by atoms with Crippen molar-refractivity contribution in [3.05, 3.63) is 46.5 Å². The Bertz CT molecular complexity index is 1760. The summed E-state index contributed by atoms with van der Waals surface area (Å²) in [5.41, 5.74) is -0.551. The summed E-state index contributed by atoms with van der Waals surface area (Å²) in [7, 11) is 0. The summed E-state index contributed by atoms with van der Waals surface area (Å²) in [5, 5.41) is 0.721. The fourth-order valence-corrected chi connectivity index (χ4v) is 12.1. The van der Waals surface area contributed by atoms with Crippen molar-refractivity contribution in [3.8, 4) is 0 Å². The number of benzene rings is 2. The molecule has 0 amide bonds. The van der Waals surface area contributed by atoms with Gasteiger partial charge in [0, 0.05) is 0 Å². The fourth-order valence-electron chi connectivity index (χ4n) is 12.1. The van der Waals surface area contributed by atoms with Crippen LogP contribution in [0.15, 0.2) is 24.3 Å². The maximum atomic E-state index is 15.5. The minimum atomic E-state index is -0.797. The van der Waals surface area contributed by atoms with Gasteiger partial charge in [0.1, 0.15) is 24.4 Å². The monoisotopic (exact) mass is 857 g/mol. The molecule has 0 aromatic heterocycles. The van der Waals surface area contributed by atoms with Crippen molar-refractivity contribution in [2.45, 2.75) is 185 Å². The minimum absolute atomic E-state index is 0.0384. The summed E-state index contributed by atoms with van der Waals surface area (Å²) in [6.45, 7) is 26.0. The average molecular weight is 857 g/mol. The van der Waals surface area contributed by atoms with Gasteiger partial charge in [-0.1, -0.05) is 133 Å². The topological polar surface area (TPSA) is 105 Å². The van der Waals surface area contributed by atoms with E-state index in [2.05, 4.69) is 83.1 Å². The molecule has 12 atom stereocenters. The average Bonchev–Trinajstić information content (AvgIpc) is 3.19. The molecule has 4 saturated carbocycles. The van der Waals surface area contributed by atoms with Gasteiger partial charge in [-0.2, -0.15) is 0 Å². The van der Waals surface area contributed by atoms with Gasteiger partial charge in [-0.05, 0) is 133 Å². The standard InChI is InChI=1S/C54H80O8/c1-29(2)37-21-17-33(9)25-43(37)59-51(55)47-41-15-13-14-16-42(41)48(52(56)60-44-26-34(10)18-22-38(44)30(3)4)50(54(58)62-46-28-36(12)20-24-40(46)32(7)8)49(47)53(57)61-45-27-35(11)19-23-39(45)31(5)6/h13-16,29-40,43-46H,17-28H2,1-12H3/t33-,34-,35-,36-,37+,38+,39+,40+,43-,44-,45-,46-/m1/s1. The molecule has 0 aliphatic heterocycles. The van der Waals surface area contributed by atoms with E-state index in [0.29, 0.717) is 60.1 Å². The lowest BCUT2D eigenvalue weighted by atomic mass is 9.75. The highest BCUT2D eigenvalue weighted by atomic mass is 16.6. The lowest BCUT2D eigenvalue weighted by Gasteiger charge is -2.38. The van der Waals surface area contributed by atoms with E-state index >= 15 is 19.2 Å². The molecule has 0 N–H and O–H groups in total. The molecule has 0 radical (unpaired) electrons. The van der Waals surface area contributed by atoms with Crippen LogP contribution in [0.4, 0.5) is 0 Å². The van der Waals surface area contributed by atoms with Gasteiger partial charge in [-0.15, -0.1) is 0 Å². The lowest BCUT2D eigenvalue weighted by molar-refractivity contribution is -0.0237. The fraction of sp³-hybridized carbons (Fsp3) is 0.741. The van der Waals surface area contributed by atoms with Crippen molar-refractivity contribution < 1.29 is 38.1 Å². The number of hydrogen-bond donors (Lipinski definition) is 0. The molecule has 0 spiro atoms. The molecule has 4 aliphatic rings. The van der Waals surface area contributed by atoms with Crippen LogP contribution in [-0.4, -0.2) is 48.3 Å². The molecular weight excluding hydrogens is 777 g/mol. The molecule has 0 saturated heterocycles. The number of esters is 4. The van der Waals surface area contributed by atoms with E-state index < -0.39 is 36.1 Å². The van der Waals surface area contributed by atoms with E-state index in [1.807, 2.05) is 0 Å². The van der Waals surface area contributed by atoms with Crippen LogP contribution in [0.1, 0.15) is 202 Å². The van der Waals surface area contributed by atoms with Crippen LogP contribution in [-0.2, 0) is 18.9 Å². The lowest BCUT2D eigenvalue weighted by Crippen LogP contribution is -2.39. The molecule has 0 bridgehead atoms. The van der Waals surface area contributed by atoms with Crippen LogP contribution < -0.4 is 0 Å². The van der Waals surface area contributed by atoms with Gasteiger partial charge in [0.25, 0.3) is 0 Å². The van der Waals surface area contributed by atoms with Crippen LogP contribution in [0.3, 0.4) is 0 Å². The third-order valence-electron chi connectivity index (χ3n) is 15.9. The molecule has 2 aromatic carbocycles. The van der Waals surface area contributed by atoms with Gasteiger partial charge in [-0.25, -0.2) is 19.2 Å². The predicted molar refractivity (Wildman–Crippen MR) is 246 cm³/mol. The van der Waals surface area contributed by atoms with Crippen molar-refractivity contribution in [1.82, 2.24) is 0 Å². The van der Waals surface area contributed by atoms with Crippen LogP contribution in [0.2, 0.25) is 0 Å². The van der Waals surface area contributed by atoms with Gasteiger partial charge in [0.2, 0.25) is 0 Å². The first kappa shape index (κ1) is 48.0. The molecule has 344 valence electrons. The van der Waals surface area contributed by atoms with Crippen molar-refractivity contribution in [2.75, 3.05) is 0 Å². The number of ether oxygens (including phenoxy) is 4. The molecule has 0 unspecified atom stereocenters. The number of carbonyl (C=O) groups excluding carboxylic acids is 4. The summed E-state index contributed by atoms with van der Waals surface area (Å²) in [5.74, 6) is -0.0954. The predicted octanol–water partition coefficient (Wildman–Crippen LogP) is 13.3. The summed E-state index contributed by atoms with van der Waals surface area (Å²) < 4.78 is 26.4. The zero-order valence-corrected chi connectivity index (χ0v) is 40.3. The number of carbonyl (C=O) groups is 4. The third-order valence-corrected chi connectivity index (χ3v) is 15.9. The number of rotatable bonds is 12. The Hall–Kier alpha value is -3.42. The van der Waals surface area contributed by atoms with E-state index in [1.54, 1.807) is 24.3 Å². The Balaban J connectivity index is 1.60. The molecule has 2 aromatic rings. The normalized spacial score (nSPS) is 31.9. The Morgan fingerprint density at radius 1 is 0.387 bits per heavy atom. The van der Waals surface area contributed by atoms with Crippen LogP contribution in [0.5, 0.6) is 0 Å². The Labute approximate surface area is 373 Å². The van der Waals surface area contributed by atoms with Gasteiger partial charge >= 0.3 is 23.9 Å². The van der Waals surface area contributed by atoms with Crippen molar-refractivity contribution in [1.29, 1.82) is 0 Å². The quantitative estimate of drug-likeness (QED) is 0.153. The Morgan fingerprint density at radius 2 is 0.613 bits per heavy atom. The maximum absolute atomic E-state index is 15.5. The maximum Gasteiger partial charge on any atom is 0.340 e. The van der Waals surface area contributed by atoms with Crippen molar-refractivity contribution in [3.63, 3.8) is 0 Å². The smallest absolute Gasteiger partial charge is 0.340 e. The number of hydrogen-bond acceptors (Lipinski definition) is 8. The van der Waals surface area contributed by atoms with E-state index in [1.165, 1.54) is 0 Å². The third kappa shape index (κ3) is 10.7. The molecule has 6 rings (SSSR count). The van der Waals surface area contributed by atoms with Crippen LogP contribution >= 0.6 is 0 Å². The Kier molecular flexibility index (Phi) is 16.0. The first-order chi connectivity index (χ1) is 29.4. The molecule has 4 aliphatic carbocycles. The summed E-state index contributed by atoms with van der Waals surface area (Å²) in [6, 6.07) is 7.11. The number of fused-ring (bicyclic) bond motifs is 1. The largest absolute Gasteiger partial charge is 0.458 e. The van der Waals surface area contributed by atoms with E-state index in [0.717, 1.165) is 51.4 Å². The molecule has 4 fully saturated rings. The minimum Gasteiger partial charge on any atom is -0.458 e. The first-order valence-electron chi connectivity index (χ1n) is 24.8. The molecule has 62 heavy (non-hydrogen) atoms. The second-order valence-electron chi connectivity index (χ2n) is 22.1. The van der Waals surface area contributed by atoms with Gasteiger partial charge in [0.05, 0.1) is 22.3 Å². The summed E-state index contributed by atoms with van der Waals surface area (Å²) in [6.07, 6.45) is 8.93. The van der Waals surface area contributed by atoms with Crippen LogP contribution in [0.25, 0.3) is 10.8 Å². The first-order valence-corrected chi connectivity index (χ1v) is 24.8. The summed E-state index contributed by atoms with van der Waals surface area (Å²) in [4.78, 5) is 61.4. The van der Waals surface area contributed by atoms with Gasteiger partial charge < -0.3 is 18.9 Å². The van der Waals surface area contributed by atoms with E-state index in [-0.39, 0.29) is 81.8 Å². The second-order valence-corrected chi connectivity index (χ2v) is 22.1. The SMILES string of the molecule is CC(C)[C@@H]1CC[C@@H](C)C[C@H]1OC(=O)c1c(C(=O)O[C@@H]2C[C@H](C)CC[C@H]2C(C)C)c(C(=O)O[C@@H]2C[C@H](C)CC[C@H]2C(C)C)c2ccccc2c1C(=O)O[C@@H]1C[C@H](C)CC[C@H]1C(C)C. The Morgan fingerprint density at radius 3 is 0.839 bits per heavy atom. The highest BCUT2D eigenvalue weighted by Gasteiger charge is 2.44. The molecular formula is C54H80O8. The van der Waals surface area contributed by atoms with Gasteiger partial charge in [0.15, 0.2) is 0 Å². The highest BCUT2D eigenvalue weighted by Crippen LogP contribution is 2.43. The molecule has 8 heteroatoms. The zero-order chi connectivity index (χ0) is 45.2. The molecule has 8 nitrogen and oxygen atoms in total. The van der Waals surface area contributed by atoms with Crippen molar-refractivity contribution in [2.24, 2.45) is 71.0 Å². The zero-order valence-electron chi connectivity index (χ0n) is 40.3.